The zero-order valence-corrected chi connectivity index (χ0v) is 15.2. The summed E-state index contributed by atoms with van der Waals surface area (Å²) in [5.41, 5.74) is 2.28. The van der Waals surface area contributed by atoms with E-state index < -0.39 is 16.1 Å². The number of nitrogens with zero attached hydrogens (tertiary/aromatic N) is 1. The topological polar surface area (TPSA) is 75.7 Å². The normalized spacial score (nSPS) is 12.7. The number of methoxy groups -OCH3 is 1. The molecule has 1 rings (SSSR count). The van der Waals surface area contributed by atoms with Crippen LogP contribution in [0.25, 0.3) is 0 Å². The van der Waals surface area contributed by atoms with Gasteiger partial charge in [-0.05, 0) is 44.4 Å². The van der Waals surface area contributed by atoms with Crippen molar-refractivity contribution in [3.8, 4) is 0 Å². The van der Waals surface area contributed by atoms with Gasteiger partial charge in [-0.15, -0.1) is 0 Å². The maximum atomic E-state index is 12.3. The summed E-state index contributed by atoms with van der Waals surface area (Å²) in [5.74, 6) is -0.326. The fourth-order valence-electron chi connectivity index (χ4n) is 2.31. The van der Waals surface area contributed by atoms with Gasteiger partial charge in [0.2, 0.25) is 15.9 Å². The first-order chi connectivity index (χ1) is 10.7. The molecule has 0 unspecified atom stereocenters. The summed E-state index contributed by atoms with van der Waals surface area (Å²) < 4.78 is 30.6. The van der Waals surface area contributed by atoms with Crippen LogP contribution in [-0.4, -0.2) is 46.9 Å². The fourth-order valence-corrected chi connectivity index (χ4v) is 3.54. The van der Waals surface area contributed by atoms with Crippen molar-refractivity contribution in [3.63, 3.8) is 0 Å². The van der Waals surface area contributed by atoms with E-state index in [1.54, 1.807) is 20.1 Å². The number of nitrogens with one attached hydrogen (secondary N) is 1. The Hall–Kier alpha value is -1.60. The number of hydrogen-bond donors (Lipinski definition) is 1. The third-order valence-electron chi connectivity index (χ3n) is 3.52. The van der Waals surface area contributed by atoms with Gasteiger partial charge in [-0.25, -0.2) is 8.42 Å². The molecule has 6 nitrogen and oxygen atoms in total. The maximum Gasteiger partial charge on any atom is 0.243 e. The van der Waals surface area contributed by atoms with Gasteiger partial charge in [0.15, 0.2) is 0 Å². The van der Waals surface area contributed by atoms with E-state index in [4.69, 9.17) is 4.74 Å². The van der Waals surface area contributed by atoms with E-state index in [0.717, 1.165) is 17.4 Å². The highest BCUT2D eigenvalue weighted by atomic mass is 32.2. The van der Waals surface area contributed by atoms with Gasteiger partial charge in [0.25, 0.3) is 0 Å². The lowest BCUT2D eigenvalue weighted by Gasteiger charge is -2.29. The number of hydrogen-bond acceptors (Lipinski definition) is 4. The number of carbonyl (C=O) groups excluding carboxylic acids is 1. The quantitative estimate of drug-likeness (QED) is 0.728. The molecule has 0 bridgehead atoms. The second kappa shape index (κ2) is 8.31. The lowest BCUT2D eigenvalue weighted by Crippen LogP contribution is -2.48. The molecule has 1 amide bonds. The fraction of sp³-hybridized carbons (Fsp3) is 0.562. The number of rotatable bonds is 8. The summed E-state index contributed by atoms with van der Waals surface area (Å²) in [6.45, 7) is 6.30. The van der Waals surface area contributed by atoms with Gasteiger partial charge in [-0.3, -0.25) is 9.10 Å². The molecule has 1 aromatic rings. The van der Waals surface area contributed by atoms with Crippen LogP contribution in [0.1, 0.15) is 24.5 Å². The summed E-state index contributed by atoms with van der Waals surface area (Å²) in [5, 5.41) is 2.75. The van der Waals surface area contributed by atoms with Crippen molar-refractivity contribution < 1.29 is 17.9 Å². The third kappa shape index (κ3) is 5.51. The molecule has 1 N–H and O–H groups in total. The van der Waals surface area contributed by atoms with E-state index in [1.165, 1.54) is 4.31 Å². The zero-order valence-electron chi connectivity index (χ0n) is 14.4. The second-order valence-electron chi connectivity index (χ2n) is 5.66. The highest BCUT2D eigenvalue weighted by Gasteiger charge is 2.29. The highest BCUT2D eigenvalue weighted by molar-refractivity contribution is 7.92. The second-order valence-corrected chi connectivity index (χ2v) is 7.52. The molecule has 0 saturated carbocycles. The van der Waals surface area contributed by atoms with Gasteiger partial charge in [0, 0.05) is 20.3 Å². The first-order valence-corrected chi connectivity index (χ1v) is 9.36. The number of sulfonamides is 1. The molecule has 0 saturated heterocycles. The van der Waals surface area contributed by atoms with Gasteiger partial charge in [0.1, 0.15) is 6.04 Å². The predicted molar refractivity (Wildman–Crippen MR) is 92.2 cm³/mol. The minimum Gasteiger partial charge on any atom is -0.385 e. The molecule has 1 aromatic carbocycles. The van der Waals surface area contributed by atoms with Gasteiger partial charge < -0.3 is 10.1 Å². The lowest BCUT2D eigenvalue weighted by molar-refractivity contribution is -0.121. The Labute approximate surface area is 138 Å². The average Bonchev–Trinajstić information content (AvgIpc) is 2.45. The SMILES string of the molecule is COCCCNC(=O)[C@@H](C)N(c1cc(C)ccc1C)S(C)(=O)=O. The van der Waals surface area contributed by atoms with Crippen molar-refractivity contribution >= 4 is 21.6 Å². The van der Waals surface area contributed by atoms with Crippen LogP contribution in [0, 0.1) is 13.8 Å². The Morgan fingerprint density at radius 3 is 2.57 bits per heavy atom. The minimum absolute atomic E-state index is 0.326. The molecule has 7 heteroatoms. The Morgan fingerprint density at radius 2 is 2.00 bits per heavy atom. The van der Waals surface area contributed by atoms with E-state index in [9.17, 15) is 13.2 Å². The van der Waals surface area contributed by atoms with Crippen LogP contribution in [0.5, 0.6) is 0 Å². The van der Waals surface area contributed by atoms with Gasteiger partial charge in [-0.2, -0.15) is 0 Å². The van der Waals surface area contributed by atoms with E-state index in [2.05, 4.69) is 5.32 Å². The number of anilines is 1. The molecule has 0 aliphatic rings. The number of aryl methyl sites for hydroxylation is 2. The van der Waals surface area contributed by atoms with Crippen molar-refractivity contribution in [2.24, 2.45) is 0 Å². The average molecular weight is 342 g/mol. The van der Waals surface area contributed by atoms with E-state index in [1.807, 2.05) is 26.0 Å². The van der Waals surface area contributed by atoms with Crippen LogP contribution < -0.4 is 9.62 Å². The highest BCUT2D eigenvalue weighted by Crippen LogP contribution is 2.26. The van der Waals surface area contributed by atoms with Crippen LogP contribution >= 0.6 is 0 Å². The molecular weight excluding hydrogens is 316 g/mol. The summed E-state index contributed by atoms with van der Waals surface area (Å²) >= 11 is 0. The molecular formula is C16H26N2O4S. The zero-order chi connectivity index (χ0) is 17.6. The van der Waals surface area contributed by atoms with Crippen LogP contribution in [0.4, 0.5) is 5.69 Å². The van der Waals surface area contributed by atoms with Crippen molar-refractivity contribution in [2.45, 2.75) is 33.2 Å². The smallest absolute Gasteiger partial charge is 0.243 e. The molecule has 0 spiro atoms. The van der Waals surface area contributed by atoms with Gasteiger partial charge >= 0.3 is 0 Å². The summed E-state index contributed by atoms with van der Waals surface area (Å²) in [6, 6.07) is 4.72. The first-order valence-electron chi connectivity index (χ1n) is 7.51. The van der Waals surface area contributed by atoms with Gasteiger partial charge in [0.05, 0.1) is 11.9 Å². The van der Waals surface area contributed by atoms with Crippen molar-refractivity contribution in [1.29, 1.82) is 0 Å². The van der Waals surface area contributed by atoms with Crippen molar-refractivity contribution in [2.75, 3.05) is 30.8 Å². The van der Waals surface area contributed by atoms with Crippen LogP contribution in [0.2, 0.25) is 0 Å². The predicted octanol–water partition coefficient (Wildman–Crippen LogP) is 1.61. The molecule has 23 heavy (non-hydrogen) atoms. The van der Waals surface area contributed by atoms with Crippen LogP contribution in [0.15, 0.2) is 18.2 Å². The maximum absolute atomic E-state index is 12.3. The van der Waals surface area contributed by atoms with Crippen LogP contribution in [-0.2, 0) is 19.6 Å². The minimum atomic E-state index is -3.59. The Balaban J connectivity index is 3.03. The van der Waals surface area contributed by atoms with Crippen molar-refractivity contribution in [3.05, 3.63) is 29.3 Å². The number of amides is 1. The molecule has 0 aliphatic carbocycles. The molecule has 0 heterocycles. The van der Waals surface area contributed by atoms with Crippen LogP contribution in [0.3, 0.4) is 0 Å². The summed E-state index contributed by atoms with van der Waals surface area (Å²) in [4.78, 5) is 12.3. The molecule has 1 atom stereocenters. The Bertz CT molecular complexity index is 643. The van der Waals surface area contributed by atoms with E-state index in [0.29, 0.717) is 25.3 Å². The Morgan fingerprint density at radius 1 is 1.35 bits per heavy atom. The number of carbonyl (C=O) groups is 1. The molecule has 0 aromatic heterocycles. The number of ether oxygens (including phenoxy) is 1. The standard InChI is InChI=1S/C16H26N2O4S/c1-12-7-8-13(2)15(11-12)18(23(5,20)21)14(3)16(19)17-9-6-10-22-4/h7-8,11,14H,6,9-10H2,1-5H3,(H,17,19)/t14-/m1/s1. The molecule has 0 fully saturated rings. The van der Waals surface area contributed by atoms with E-state index >= 15 is 0 Å². The Kier molecular flexibility index (Phi) is 7.02. The first kappa shape index (κ1) is 19.4. The van der Waals surface area contributed by atoms with Crippen molar-refractivity contribution in [1.82, 2.24) is 5.32 Å². The summed E-state index contributed by atoms with van der Waals surface area (Å²) in [7, 11) is -2.00. The number of benzene rings is 1. The van der Waals surface area contributed by atoms with E-state index in [-0.39, 0.29) is 5.91 Å². The largest absolute Gasteiger partial charge is 0.385 e. The third-order valence-corrected chi connectivity index (χ3v) is 4.74. The monoisotopic (exact) mass is 342 g/mol. The molecule has 0 radical (unpaired) electrons. The molecule has 0 aliphatic heterocycles. The molecule has 130 valence electrons. The lowest BCUT2D eigenvalue weighted by atomic mass is 10.1. The van der Waals surface area contributed by atoms with Gasteiger partial charge in [-0.1, -0.05) is 12.1 Å². The summed E-state index contributed by atoms with van der Waals surface area (Å²) in [6.07, 6.45) is 1.79.